The summed E-state index contributed by atoms with van der Waals surface area (Å²) in [4.78, 5) is 51.6. The molecule has 2 aliphatic carbocycles. The number of ether oxygens (including phenoxy) is 3. The highest BCUT2D eigenvalue weighted by Gasteiger charge is 2.76. The number of nitrogens with one attached hydrogen (secondary N) is 2. The number of amides is 2. The van der Waals surface area contributed by atoms with Gasteiger partial charge in [0.1, 0.15) is 11.1 Å². The molecule has 12 heteroatoms. The van der Waals surface area contributed by atoms with Gasteiger partial charge in [0.25, 0.3) is 5.91 Å². The van der Waals surface area contributed by atoms with Crippen LogP contribution in [0.25, 0.3) is 0 Å². The zero-order chi connectivity index (χ0) is 27.8. The lowest BCUT2D eigenvalue weighted by Gasteiger charge is -2.33. The van der Waals surface area contributed by atoms with E-state index in [2.05, 4.69) is 10.6 Å². The maximum absolute atomic E-state index is 13.5. The van der Waals surface area contributed by atoms with Gasteiger partial charge < -0.3 is 24.8 Å². The average Bonchev–Trinajstić information content (AvgIpc) is 3.45. The van der Waals surface area contributed by atoms with Crippen molar-refractivity contribution < 1.29 is 46.6 Å². The number of benzene rings is 1. The smallest absolute Gasteiger partial charge is 0.417 e. The zero-order valence-corrected chi connectivity index (χ0v) is 21.2. The molecule has 0 heterocycles. The van der Waals surface area contributed by atoms with Crippen LogP contribution in [0.2, 0.25) is 0 Å². The molecule has 2 fully saturated rings. The Morgan fingerprint density at radius 1 is 1.03 bits per heavy atom. The van der Waals surface area contributed by atoms with Gasteiger partial charge >= 0.3 is 24.2 Å². The van der Waals surface area contributed by atoms with E-state index < -0.39 is 76.2 Å². The molecule has 0 spiro atoms. The molecule has 204 valence electrons. The van der Waals surface area contributed by atoms with Gasteiger partial charge in [-0.25, -0.2) is 9.59 Å². The van der Waals surface area contributed by atoms with Gasteiger partial charge in [0.2, 0.25) is 0 Å². The molecule has 2 amide bonds. The molecule has 9 nitrogen and oxygen atoms in total. The van der Waals surface area contributed by atoms with E-state index in [1.807, 2.05) is 0 Å². The number of hydrogen-bond acceptors (Lipinski definition) is 7. The Labute approximate surface area is 212 Å². The largest absolute Gasteiger partial charge is 0.466 e. The van der Waals surface area contributed by atoms with Crippen molar-refractivity contribution in [1.29, 1.82) is 0 Å². The topological polar surface area (TPSA) is 120 Å². The monoisotopic (exact) mass is 528 g/mol. The Balaban J connectivity index is 1.97. The minimum absolute atomic E-state index is 0.0337. The molecule has 2 aliphatic rings. The summed E-state index contributed by atoms with van der Waals surface area (Å²) in [6.07, 6.45) is -5.93. The first-order valence-corrected chi connectivity index (χ1v) is 12.0. The summed E-state index contributed by atoms with van der Waals surface area (Å²) in [6, 6.07) is 3.36. The third-order valence-corrected chi connectivity index (χ3v) is 6.37. The lowest BCUT2D eigenvalue weighted by Crippen LogP contribution is -2.59. The van der Waals surface area contributed by atoms with Crippen molar-refractivity contribution in [2.24, 2.45) is 17.8 Å². The van der Waals surface area contributed by atoms with Crippen molar-refractivity contribution in [2.45, 2.75) is 64.4 Å². The minimum Gasteiger partial charge on any atom is -0.466 e. The van der Waals surface area contributed by atoms with Crippen molar-refractivity contribution in [1.82, 2.24) is 10.6 Å². The first kappa shape index (κ1) is 28.3. The number of hydrogen-bond donors (Lipinski definition) is 2. The summed E-state index contributed by atoms with van der Waals surface area (Å²) in [6.45, 7) is 8.06. The normalized spacial score (nSPS) is 26.5. The van der Waals surface area contributed by atoms with Gasteiger partial charge in [0, 0.05) is 18.4 Å². The molecule has 2 saturated carbocycles. The van der Waals surface area contributed by atoms with E-state index in [1.54, 1.807) is 34.6 Å². The molecular weight excluding hydrogens is 497 g/mol. The fraction of sp³-hybridized carbons (Fsp3) is 0.600. The second kappa shape index (κ2) is 10.2. The molecule has 3 rings (SSSR count). The van der Waals surface area contributed by atoms with Gasteiger partial charge in [-0.3, -0.25) is 9.59 Å². The summed E-state index contributed by atoms with van der Waals surface area (Å²) >= 11 is 0. The number of halogens is 3. The first-order valence-electron chi connectivity index (χ1n) is 12.0. The Morgan fingerprint density at radius 2 is 1.65 bits per heavy atom. The van der Waals surface area contributed by atoms with Crippen LogP contribution in [0.3, 0.4) is 0 Å². The van der Waals surface area contributed by atoms with E-state index >= 15 is 0 Å². The lowest BCUT2D eigenvalue weighted by atomic mass is 9.88. The van der Waals surface area contributed by atoms with Crippen LogP contribution in [-0.4, -0.2) is 54.3 Å². The van der Waals surface area contributed by atoms with Gasteiger partial charge in [-0.2, -0.15) is 13.2 Å². The molecule has 1 aromatic carbocycles. The molecular formula is C25H31F3N2O7. The highest BCUT2D eigenvalue weighted by molar-refractivity contribution is 5.97. The van der Waals surface area contributed by atoms with Gasteiger partial charge in [-0.15, -0.1) is 0 Å². The zero-order valence-electron chi connectivity index (χ0n) is 21.2. The number of esters is 2. The van der Waals surface area contributed by atoms with Gasteiger partial charge in [0.15, 0.2) is 0 Å². The molecule has 0 radical (unpaired) electrons. The molecule has 0 aromatic heterocycles. The predicted molar refractivity (Wildman–Crippen MR) is 123 cm³/mol. The Morgan fingerprint density at radius 3 is 2.22 bits per heavy atom. The Hall–Kier alpha value is -3.31. The Bertz CT molecular complexity index is 1070. The second-order valence-corrected chi connectivity index (χ2v) is 10.0. The molecule has 37 heavy (non-hydrogen) atoms. The van der Waals surface area contributed by atoms with E-state index in [9.17, 15) is 32.3 Å². The van der Waals surface area contributed by atoms with Crippen LogP contribution < -0.4 is 10.6 Å². The summed E-state index contributed by atoms with van der Waals surface area (Å²) < 4.78 is 56.1. The van der Waals surface area contributed by atoms with E-state index in [0.29, 0.717) is 0 Å². The van der Waals surface area contributed by atoms with E-state index in [-0.39, 0.29) is 19.6 Å². The van der Waals surface area contributed by atoms with E-state index in [1.165, 1.54) is 12.1 Å². The van der Waals surface area contributed by atoms with Crippen LogP contribution >= 0.6 is 0 Å². The van der Waals surface area contributed by atoms with Crippen LogP contribution in [0.4, 0.5) is 18.0 Å². The fourth-order valence-electron chi connectivity index (χ4n) is 5.10. The summed E-state index contributed by atoms with van der Waals surface area (Å²) in [5, 5.41) is 5.11. The van der Waals surface area contributed by atoms with Gasteiger partial charge in [-0.05, 0) is 52.7 Å². The molecule has 0 aliphatic heterocycles. The van der Waals surface area contributed by atoms with Crippen molar-refractivity contribution in [3.63, 3.8) is 0 Å². The van der Waals surface area contributed by atoms with Crippen LogP contribution in [0, 0.1) is 17.8 Å². The highest BCUT2D eigenvalue weighted by Crippen LogP contribution is 2.63. The van der Waals surface area contributed by atoms with Gasteiger partial charge in [0.05, 0.1) is 30.3 Å². The van der Waals surface area contributed by atoms with Crippen molar-refractivity contribution in [3.05, 3.63) is 35.4 Å². The summed E-state index contributed by atoms with van der Waals surface area (Å²) in [5.41, 5.74) is -4.39. The second-order valence-electron chi connectivity index (χ2n) is 10.0. The first-order chi connectivity index (χ1) is 17.2. The van der Waals surface area contributed by atoms with E-state index in [0.717, 1.165) is 12.1 Å². The van der Waals surface area contributed by atoms with Crippen LogP contribution in [-0.2, 0) is 30.0 Å². The molecule has 5 atom stereocenters. The van der Waals surface area contributed by atoms with E-state index in [4.69, 9.17) is 14.2 Å². The third-order valence-electron chi connectivity index (χ3n) is 6.37. The third kappa shape index (κ3) is 5.83. The van der Waals surface area contributed by atoms with Crippen molar-refractivity contribution in [2.75, 3.05) is 13.2 Å². The maximum Gasteiger partial charge on any atom is 0.417 e. The summed E-state index contributed by atoms with van der Waals surface area (Å²) in [5.74, 6) is -4.90. The molecule has 1 aromatic rings. The number of alkyl halides is 3. The number of rotatable bonds is 7. The van der Waals surface area contributed by atoms with Crippen molar-refractivity contribution in [3.8, 4) is 0 Å². The van der Waals surface area contributed by atoms with Crippen molar-refractivity contribution >= 4 is 23.9 Å². The molecule has 0 bridgehead atoms. The van der Waals surface area contributed by atoms with Crippen LogP contribution in [0.15, 0.2) is 24.3 Å². The number of fused-ring (bicyclic) bond motifs is 1. The molecule has 2 N–H and O–H groups in total. The fourth-order valence-corrected chi connectivity index (χ4v) is 5.10. The van der Waals surface area contributed by atoms with Gasteiger partial charge in [-0.1, -0.05) is 12.1 Å². The number of carbonyl (C=O) groups is 4. The predicted octanol–water partition coefficient (Wildman–Crippen LogP) is 3.46. The SMILES string of the molecule is CCOC(=O)[C@H]1C2C(NC(=O)c3ccccc3C(F)(F)F)CC(NC(=O)OC(C)(C)C)(C(=O)OCC)C21. The van der Waals surface area contributed by atoms with Crippen LogP contribution in [0.1, 0.15) is 57.0 Å². The average molecular weight is 529 g/mol. The Kier molecular flexibility index (Phi) is 7.80. The minimum atomic E-state index is -4.77. The number of carbonyl (C=O) groups excluding carboxylic acids is 4. The molecule has 0 saturated heterocycles. The summed E-state index contributed by atoms with van der Waals surface area (Å²) in [7, 11) is 0. The standard InChI is InChI=1S/C25H31F3N2O7/c1-6-35-20(32)17-16-15(29-19(31)13-10-8-9-11-14(13)25(26,27)28)12-24(18(16)17,21(33)36-7-2)30-22(34)37-23(3,4)5/h8-11,15-18H,6-7,12H2,1-5H3,(H,29,31)(H,30,34)/t15?,16?,17-,18?,24?/m0/s1. The highest BCUT2D eigenvalue weighted by atomic mass is 19.4. The lowest BCUT2D eigenvalue weighted by molar-refractivity contribution is -0.153. The number of alkyl carbamates (subject to hydrolysis) is 1. The quantitative estimate of drug-likeness (QED) is 0.411. The maximum atomic E-state index is 13.5. The van der Waals surface area contributed by atoms with Crippen LogP contribution in [0.5, 0.6) is 0 Å². The molecule has 4 unspecified atom stereocenters.